The number of hydrogen-bond donors (Lipinski definition) is 1. The smallest absolute Gasteiger partial charge is 0.261 e. The molecule has 1 N–H and O–H groups in total. The predicted octanol–water partition coefficient (Wildman–Crippen LogP) is 3.50. The van der Waals surface area contributed by atoms with Gasteiger partial charge in [-0.15, -0.1) is 0 Å². The molecule has 0 saturated heterocycles. The van der Waals surface area contributed by atoms with Gasteiger partial charge in [0.05, 0.1) is 6.10 Å². The van der Waals surface area contributed by atoms with Crippen molar-refractivity contribution in [1.82, 2.24) is 0 Å². The second-order valence-electron chi connectivity index (χ2n) is 7.92. The monoisotopic (exact) mass is 352 g/mol. The van der Waals surface area contributed by atoms with Crippen LogP contribution in [-0.4, -0.2) is 26.1 Å². The third-order valence-electron chi connectivity index (χ3n) is 5.08. The summed E-state index contributed by atoms with van der Waals surface area (Å²) in [5, 5.41) is 12.4. The SMILES string of the molecule is CC(C)(C)[Si](OC[C@@H]1C=C[C@@H](O)C1)(c1ccccc1)c1ccccc1. The van der Waals surface area contributed by atoms with E-state index in [9.17, 15) is 5.11 Å². The molecule has 3 rings (SSSR count). The van der Waals surface area contributed by atoms with Gasteiger partial charge in [-0.05, 0) is 21.8 Å². The minimum Gasteiger partial charge on any atom is -0.407 e. The summed E-state index contributed by atoms with van der Waals surface area (Å²) in [6.45, 7) is 7.52. The molecule has 0 aromatic heterocycles. The van der Waals surface area contributed by atoms with Gasteiger partial charge in [0.1, 0.15) is 0 Å². The fourth-order valence-electron chi connectivity index (χ4n) is 3.87. The van der Waals surface area contributed by atoms with Crippen molar-refractivity contribution in [2.45, 2.75) is 38.3 Å². The molecule has 0 bridgehead atoms. The highest BCUT2D eigenvalue weighted by molar-refractivity contribution is 6.99. The highest BCUT2D eigenvalue weighted by atomic mass is 28.4. The molecule has 2 atom stereocenters. The lowest BCUT2D eigenvalue weighted by Gasteiger charge is -2.43. The normalized spacial score (nSPS) is 20.8. The second-order valence-corrected chi connectivity index (χ2v) is 12.2. The molecule has 0 fully saturated rings. The summed E-state index contributed by atoms with van der Waals surface area (Å²) in [5.74, 6) is 0.289. The molecule has 0 spiro atoms. The van der Waals surface area contributed by atoms with E-state index in [4.69, 9.17) is 4.43 Å². The Morgan fingerprint density at radius 2 is 1.44 bits per heavy atom. The zero-order chi connectivity index (χ0) is 17.9. The van der Waals surface area contributed by atoms with Crippen LogP contribution in [0.25, 0.3) is 0 Å². The van der Waals surface area contributed by atoms with Crippen LogP contribution in [0.4, 0.5) is 0 Å². The first kappa shape index (κ1) is 18.1. The molecule has 0 radical (unpaired) electrons. The Bertz CT molecular complexity index is 664. The molecule has 2 nitrogen and oxygen atoms in total. The number of rotatable bonds is 5. The van der Waals surface area contributed by atoms with Gasteiger partial charge in [0.25, 0.3) is 8.32 Å². The highest BCUT2D eigenvalue weighted by Crippen LogP contribution is 2.37. The Hall–Kier alpha value is -1.68. The summed E-state index contributed by atoms with van der Waals surface area (Å²) >= 11 is 0. The van der Waals surface area contributed by atoms with Crippen molar-refractivity contribution in [3.05, 3.63) is 72.8 Å². The van der Waals surface area contributed by atoms with E-state index in [0.717, 1.165) is 6.42 Å². The average Bonchev–Trinajstić information content (AvgIpc) is 3.02. The van der Waals surface area contributed by atoms with Gasteiger partial charge >= 0.3 is 0 Å². The van der Waals surface area contributed by atoms with Crippen LogP contribution in [0.1, 0.15) is 27.2 Å². The molecule has 1 aliphatic rings. The van der Waals surface area contributed by atoms with Crippen LogP contribution < -0.4 is 10.4 Å². The molecule has 0 heterocycles. The van der Waals surface area contributed by atoms with Gasteiger partial charge in [-0.3, -0.25) is 0 Å². The van der Waals surface area contributed by atoms with Gasteiger partial charge in [0.15, 0.2) is 0 Å². The summed E-state index contributed by atoms with van der Waals surface area (Å²) in [6, 6.07) is 21.4. The van der Waals surface area contributed by atoms with E-state index in [2.05, 4.69) is 87.5 Å². The van der Waals surface area contributed by atoms with Crippen LogP contribution in [0.15, 0.2) is 72.8 Å². The summed E-state index contributed by atoms with van der Waals surface area (Å²) < 4.78 is 6.88. The third kappa shape index (κ3) is 3.64. The van der Waals surface area contributed by atoms with Crippen molar-refractivity contribution in [2.75, 3.05) is 6.61 Å². The maximum absolute atomic E-state index is 9.79. The Labute approximate surface area is 152 Å². The number of benzene rings is 2. The summed E-state index contributed by atoms with van der Waals surface area (Å²) in [4.78, 5) is 0. The van der Waals surface area contributed by atoms with Crippen molar-refractivity contribution in [2.24, 2.45) is 5.92 Å². The molecule has 0 amide bonds. The molecule has 132 valence electrons. The molecule has 1 aliphatic carbocycles. The Balaban J connectivity index is 2.04. The van der Waals surface area contributed by atoms with Crippen molar-refractivity contribution in [3.63, 3.8) is 0 Å². The maximum Gasteiger partial charge on any atom is 0.261 e. The van der Waals surface area contributed by atoms with Crippen LogP contribution in [0.2, 0.25) is 5.04 Å². The maximum atomic E-state index is 9.79. The van der Waals surface area contributed by atoms with E-state index in [1.54, 1.807) is 0 Å². The fourth-order valence-corrected chi connectivity index (χ4v) is 8.49. The lowest BCUT2D eigenvalue weighted by atomic mass is 10.1. The lowest BCUT2D eigenvalue weighted by Crippen LogP contribution is -2.66. The van der Waals surface area contributed by atoms with E-state index in [1.165, 1.54) is 10.4 Å². The third-order valence-corrected chi connectivity index (χ3v) is 10.1. The van der Waals surface area contributed by atoms with Crippen LogP contribution in [-0.2, 0) is 4.43 Å². The number of hydrogen-bond acceptors (Lipinski definition) is 2. The van der Waals surface area contributed by atoms with Crippen molar-refractivity contribution < 1.29 is 9.53 Å². The standard InChI is InChI=1S/C22H28O2Si/c1-22(2,3)25(20-10-6-4-7-11-20,21-12-8-5-9-13-21)24-17-18-14-15-19(23)16-18/h4-15,18-19,23H,16-17H2,1-3H3/t18-,19-/m1/s1. The molecule has 2 aromatic rings. The van der Waals surface area contributed by atoms with Crippen molar-refractivity contribution in [3.8, 4) is 0 Å². The fraction of sp³-hybridized carbons (Fsp3) is 0.364. The first-order chi connectivity index (χ1) is 11.9. The molecule has 2 aromatic carbocycles. The Morgan fingerprint density at radius 3 is 1.84 bits per heavy atom. The van der Waals surface area contributed by atoms with Gasteiger partial charge < -0.3 is 9.53 Å². The van der Waals surface area contributed by atoms with Gasteiger partial charge in [-0.2, -0.15) is 0 Å². The zero-order valence-corrected chi connectivity index (χ0v) is 16.4. The van der Waals surface area contributed by atoms with Gasteiger partial charge in [-0.1, -0.05) is 93.6 Å². The van der Waals surface area contributed by atoms with Gasteiger partial charge in [0.2, 0.25) is 0 Å². The van der Waals surface area contributed by atoms with E-state index >= 15 is 0 Å². The summed E-state index contributed by atoms with van der Waals surface area (Å²) in [5.41, 5.74) is 0. The second kappa shape index (κ2) is 7.28. The molecular formula is C22H28O2Si. The summed E-state index contributed by atoms with van der Waals surface area (Å²) in [7, 11) is -2.45. The van der Waals surface area contributed by atoms with Crippen LogP contribution in [0.5, 0.6) is 0 Å². The molecular weight excluding hydrogens is 324 g/mol. The van der Waals surface area contributed by atoms with E-state index in [1.807, 2.05) is 6.08 Å². The van der Waals surface area contributed by atoms with E-state index < -0.39 is 8.32 Å². The summed E-state index contributed by atoms with van der Waals surface area (Å²) in [6.07, 6.45) is 4.42. The van der Waals surface area contributed by atoms with Crippen molar-refractivity contribution in [1.29, 1.82) is 0 Å². The first-order valence-electron chi connectivity index (χ1n) is 9.05. The van der Waals surface area contributed by atoms with Gasteiger partial charge in [0, 0.05) is 12.5 Å². The van der Waals surface area contributed by atoms with Crippen molar-refractivity contribution >= 4 is 18.7 Å². The number of aliphatic hydroxyl groups is 1. The van der Waals surface area contributed by atoms with Crippen LogP contribution in [0, 0.1) is 5.92 Å². The zero-order valence-electron chi connectivity index (χ0n) is 15.4. The molecule has 0 aliphatic heterocycles. The first-order valence-corrected chi connectivity index (χ1v) is 11.0. The minimum absolute atomic E-state index is 0.00333. The van der Waals surface area contributed by atoms with Gasteiger partial charge in [-0.25, -0.2) is 0 Å². The quantitative estimate of drug-likeness (QED) is 0.659. The predicted molar refractivity (Wildman–Crippen MR) is 107 cm³/mol. The largest absolute Gasteiger partial charge is 0.407 e. The lowest BCUT2D eigenvalue weighted by molar-refractivity contribution is 0.184. The molecule has 3 heteroatoms. The van der Waals surface area contributed by atoms with Crippen LogP contribution >= 0.6 is 0 Å². The van der Waals surface area contributed by atoms with E-state index in [0.29, 0.717) is 6.61 Å². The minimum atomic E-state index is -2.45. The van der Waals surface area contributed by atoms with Crippen LogP contribution in [0.3, 0.4) is 0 Å². The molecule has 0 unspecified atom stereocenters. The van der Waals surface area contributed by atoms with E-state index in [-0.39, 0.29) is 17.1 Å². The average molecular weight is 353 g/mol. The Kier molecular flexibility index (Phi) is 5.28. The molecule has 25 heavy (non-hydrogen) atoms. The Morgan fingerprint density at radius 1 is 0.920 bits per heavy atom. The topological polar surface area (TPSA) is 29.5 Å². The molecule has 0 saturated carbocycles. The number of aliphatic hydroxyl groups excluding tert-OH is 1. The highest BCUT2D eigenvalue weighted by Gasteiger charge is 2.50.